The fourth-order valence-electron chi connectivity index (χ4n) is 2.20. The minimum absolute atomic E-state index is 0.0233. The van der Waals surface area contributed by atoms with Crippen LogP contribution in [0.15, 0.2) is 22.7 Å². The van der Waals surface area contributed by atoms with Crippen molar-refractivity contribution in [1.29, 1.82) is 5.26 Å². The zero-order chi connectivity index (χ0) is 15.6. The summed E-state index contributed by atoms with van der Waals surface area (Å²) in [6, 6.07) is 4.76. The maximum atomic E-state index is 11.1. The van der Waals surface area contributed by atoms with Crippen LogP contribution in [-0.2, 0) is 0 Å². The van der Waals surface area contributed by atoms with Gasteiger partial charge in [0, 0.05) is 11.8 Å². The van der Waals surface area contributed by atoms with E-state index in [0.717, 1.165) is 17.1 Å². The highest BCUT2D eigenvalue weighted by Gasteiger charge is 2.23. The molecule has 0 aliphatic rings. The minimum atomic E-state index is -0.603. The Morgan fingerprint density at radius 1 is 1.52 bits per heavy atom. The molecule has 7 heteroatoms. The van der Waals surface area contributed by atoms with Crippen molar-refractivity contribution < 1.29 is 9.34 Å². The number of nitrogens with zero attached hydrogens (tertiary/aromatic N) is 3. The maximum Gasteiger partial charge on any atom is 0.328 e. The number of aryl methyl sites for hydroxylation is 2. The second-order valence-corrected chi connectivity index (χ2v) is 4.66. The number of nitrogens with one attached hydrogen (secondary N) is 1. The highest BCUT2D eigenvalue weighted by Crippen LogP contribution is 2.30. The van der Waals surface area contributed by atoms with Crippen LogP contribution in [-0.4, -0.2) is 9.91 Å². The van der Waals surface area contributed by atoms with E-state index in [0.29, 0.717) is 0 Å². The van der Waals surface area contributed by atoms with Crippen LogP contribution in [0.3, 0.4) is 0 Å². The SMILES string of the molecule is Cc1cc(C(C)Nc2nccc(C#N)c2[N+](=O)[O-])c(C)o1. The van der Waals surface area contributed by atoms with Gasteiger partial charge in [0.2, 0.25) is 5.82 Å². The molecule has 2 aromatic rings. The number of nitro groups is 1. The Morgan fingerprint density at radius 2 is 2.24 bits per heavy atom. The molecule has 1 N–H and O–H groups in total. The topological polar surface area (TPSA) is 105 Å². The molecule has 0 radical (unpaired) electrons. The second-order valence-electron chi connectivity index (χ2n) is 4.66. The van der Waals surface area contributed by atoms with Gasteiger partial charge in [-0.2, -0.15) is 5.26 Å². The van der Waals surface area contributed by atoms with Gasteiger partial charge in [-0.15, -0.1) is 0 Å². The Labute approximate surface area is 121 Å². The number of aromatic nitrogens is 1. The van der Waals surface area contributed by atoms with Gasteiger partial charge >= 0.3 is 5.69 Å². The van der Waals surface area contributed by atoms with Crippen molar-refractivity contribution >= 4 is 11.5 Å². The molecule has 0 fully saturated rings. The zero-order valence-corrected chi connectivity index (χ0v) is 11.9. The van der Waals surface area contributed by atoms with E-state index in [4.69, 9.17) is 9.68 Å². The number of hydrogen-bond acceptors (Lipinski definition) is 6. The minimum Gasteiger partial charge on any atom is -0.466 e. The highest BCUT2D eigenvalue weighted by atomic mass is 16.6. The number of nitriles is 1. The zero-order valence-electron chi connectivity index (χ0n) is 11.9. The standard InChI is InChI=1S/C14H14N4O3/c1-8-6-12(10(3)21-8)9(2)17-14-13(18(19)20)11(7-15)4-5-16-14/h4-6,9H,1-3H3,(H,16,17). The van der Waals surface area contributed by atoms with Crippen LogP contribution >= 0.6 is 0 Å². The number of furan rings is 1. The van der Waals surface area contributed by atoms with Gasteiger partial charge in [0.05, 0.1) is 11.0 Å². The predicted molar refractivity (Wildman–Crippen MR) is 75.8 cm³/mol. The predicted octanol–water partition coefficient (Wildman–Crippen LogP) is 3.24. The molecule has 0 bridgehead atoms. The number of rotatable bonds is 4. The van der Waals surface area contributed by atoms with E-state index in [1.165, 1.54) is 12.3 Å². The molecule has 0 amide bonds. The first-order valence-corrected chi connectivity index (χ1v) is 6.31. The third-order valence-electron chi connectivity index (χ3n) is 3.13. The summed E-state index contributed by atoms with van der Waals surface area (Å²) in [7, 11) is 0. The van der Waals surface area contributed by atoms with Gasteiger partial charge in [0.15, 0.2) is 0 Å². The van der Waals surface area contributed by atoms with Gasteiger partial charge in [-0.25, -0.2) is 4.98 Å². The molecule has 108 valence electrons. The lowest BCUT2D eigenvalue weighted by molar-refractivity contribution is -0.384. The summed E-state index contributed by atoms with van der Waals surface area (Å²) in [4.78, 5) is 14.5. The van der Waals surface area contributed by atoms with Crippen molar-refractivity contribution in [3.05, 3.63) is 51.1 Å². The van der Waals surface area contributed by atoms with E-state index >= 15 is 0 Å². The molecule has 2 heterocycles. The van der Waals surface area contributed by atoms with Crippen LogP contribution in [0.25, 0.3) is 0 Å². The summed E-state index contributed by atoms with van der Waals surface area (Å²) in [6.45, 7) is 5.51. The molecule has 0 spiro atoms. The Balaban J connectivity index is 2.38. The molecule has 0 saturated heterocycles. The molecule has 2 aromatic heterocycles. The Bertz CT molecular complexity index is 730. The summed E-state index contributed by atoms with van der Waals surface area (Å²) < 4.78 is 5.45. The third-order valence-corrected chi connectivity index (χ3v) is 3.13. The van der Waals surface area contributed by atoms with Crippen LogP contribution in [0, 0.1) is 35.3 Å². The van der Waals surface area contributed by atoms with Gasteiger partial charge in [-0.05, 0) is 32.9 Å². The molecule has 0 aromatic carbocycles. The molecular formula is C14H14N4O3. The molecule has 0 aliphatic heterocycles. The molecule has 0 saturated carbocycles. The first-order valence-electron chi connectivity index (χ1n) is 6.31. The van der Waals surface area contributed by atoms with Crippen molar-refractivity contribution in [3.63, 3.8) is 0 Å². The van der Waals surface area contributed by atoms with Gasteiger partial charge in [0.1, 0.15) is 23.2 Å². The summed E-state index contributed by atoms with van der Waals surface area (Å²) in [5.41, 5.74) is 0.556. The van der Waals surface area contributed by atoms with Gasteiger partial charge in [0.25, 0.3) is 0 Å². The van der Waals surface area contributed by atoms with E-state index in [1.807, 2.05) is 26.8 Å². The summed E-state index contributed by atoms with van der Waals surface area (Å²) in [5.74, 6) is 1.58. The van der Waals surface area contributed by atoms with Crippen molar-refractivity contribution in [2.75, 3.05) is 5.32 Å². The fourth-order valence-corrected chi connectivity index (χ4v) is 2.20. The Kier molecular flexibility index (Phi) is 3.89. The van der Waals surface area contributed by atoms with E-state index in [2.05, 4.69) is 10.3 Å². The average molecular weight is 286 g/mol. The fraction of sp³-hybridized carbons (Fsp3) is 0.286. The van der Waals surface area contributed by atoms with Crippen LogP contribution in [0.2, 0.25) is 0 Å². The van der Waals surface area contributed by atoms with Crippen molar-refractivity contribution in [3.8, 4) is 6.07 Å². The quantitative estimate of drug-likeness (QED) is 0.683. The number of anilines is 1. The molecule has 21 heavy (non-hydrogen) atoms. The summed E-state index contributed by atoms with van der Waals surface area (Å²) >= 11 is 0. The van der Waals surface area contributed by atoms with Crippen LogP contribution in [0.5, 0.6) is 0 Å². The van der Waals surface area contributed by atoms with E-state index in [-0.39, 0.29) is 23.1 Å². The monoisotopic (exact) mass is 286 g/mol. The summed E-state index contributed by atoms with van der Waals surface area (Å²) in [6.07, 6.45) is 1.37. The molecule has 1 unspecified atom stereocenters. The Morgan fingerprint density at radius 3 is 2.76 bits per heavy atom. The maximum absolute atomic E-state index is 11.1. The van der Waals surface area contributed by atoms with Gasteiger partial charge < -0.3 is 9.73 Å². The lowest BCUT2D eigenvalue weighted by atomic mass is 10.1. The normalized spacial score (nSPS) is 11.7. The highest BCUT2D eigenvalue weighted by molar-refractivity contribution is 5.64. The number of pyridine rings is 1. The van der Waals surface area contributed by atoms with E-state index in [9.17, 15) is 10.1 Å². The number of hydrogen-bond donors (Lipinski definition) is 1. The third kappa shape index (κ3) is 2.84. The second kappa shape index (κ2) is 5.63. The van der Waals surface area contributed by atoms with Crippen molar-refractivity contribution in [2.24, 2.45) is 0 Å². The van der Waals surface area contributed by atoms with Crippen LogP contribution in [0.1, 0.15) is 35.6 Å². The van der Waals surface area contributed by atoms with E-state index in [1.54, 1.807) is 6.07 Å². The lowest BCUT2D eigenvalue weighted by Gasteiger charge is -2.14. The molecule has 0 aliphatic carbocycles. The van der Waals surface area contributed by atoms with Crippen molar-refractivity contribution in [1.82, 2.24) is 4.98 Å². The summed E-state index contributed by atoms with van der Waals surface area (Å²) in [5, 5.41) is 23.1. The first kappa shape index (κ1) is 14.5. The largest absolute Gasteiger partial charge is 0.466 e. The molecular weight excluding hydrogens is 272 g/mol. The smallest absolute Gasteiger partial charge is 0.328 e. The lowest BCUT2D eigenvalue weighted by Crippen LogP contribution is -2.10. The van der Waals surface area contributed by atoms with Gasteiger partial charge in [-0.3, -0.25) is 10.1 Å². The Hall–Kier alpha value is -2.88. The van der Waals surface area contributed by atoms with E-state index < -0.39 is 4.92 Å². The van der Waals surface area contributed by atoms with Crippen LogP contribution < -0.4 is 5.32 Å². The molecule has 1 atom stereocenters. The first-order chi connectivity index (χ1) is 9.93. The van der Waals surface area contributed by atoms with Gasteiger partial charge in [-0.1, -0.05) is 0 Å². The van der Waals surface area contributed by atoms with Crippen molar-refractivity contribution in [2.45, 2.75) is 26.8 Å². The molecule has 2 rings (SSSR count). The molecule has 7 nitrogen and oxygen atoms in total. The van der Waals surface area contributed by atoms with Crippen LogP contribution in [0.4, 0.5) is 11.5 Å². The average Bonchev–Trinajstić information content (AvgIpc) is 2.77.